The fourth-order valence-electron chi connectivity index (χ4n) is 6.93. The molecule has 12 heteroatoms. The standard InChI is InChI=1S/C32H38F3N7O2/c1-39-16-3-13-31(21-39)14-4-17-41(22-31)29(44)24-6-8-25(9-7-24)36-30-37-28-26(5-2-18-42(28)38-30)23-11-19-40(20-12-23)27(43)10-15-32(33,34)35/h2,5-9,11,18H,3-4,10,12-17,19-22H2,1H3,(H,36,38). The first kappa shape index (κ1) is 30.1. The monoisotopic (exact) mass is 609 g/mol. The molecule has 3 aliphatic rings. The second-order valence-corrected chi connectivity index (χ2v) is 12.4. The van der Waals surface area contributed by atoms with E-state index in [0.29, 0.717) is 30.1 Å². The van der Waals surface area contributed by atoms with E-state index >= 15 is 0 Å². The van der Waals surface area contributed by atoms with Crippen LogP contribution in [0.4, 0.5) is 24.8 Å². The number of fused-ring (bicyclic) bond motifs is 1. The normalized spacial score (nSPS) is 21.5. The zero-order valence-corrected chi connectivity index (χ0v) is 24.9. The smallest absolute Gasteiger partial charge is 0.339 e. The molecule has 1 N–H and O–H groups in total. The quantitative estimate of drug-likeness (QED) is 0.404. The van der Waals surface area contributed by atoms with Gasteiger partial charge < -0.3 is 20.0 Å². The lowest BCUT2D eigenvalue weighted by molar-refractivity contribution is -0.148. The Morgan fingerprint density at radius 1 is 1.00 bits per heavy atom. The summed E-state index contributed by atoms with van der Waals surface area (Å²) >= 11 is 0. The van der Waals surface area contributed by atoms with Crippen molar-refractivity contribution in [3.8, 4) is 0 Å². The second-order valence-electron chi connectivity index (χ2n) is 12.4. The van der Waals surface area contributed by atoms with Crippen molar-refractivity contribution in [2.24, 2.45) is 5.41 Å². The van der Waals surface area contributed by atoms with Gasteiger partial charge in [-0.15, -0.1) is 5.10 Å². The molecule has 234 valence electrons. The van der Waals surface area contributed by atoms with Gasteiger partial charge in [0.05, 0.1) is 6.42 Å². The van der Waals surface area contributed by atoms with Crippen molar-refractivity contribution in [1.29, 1.82) is 0 Å². The van der Waals surface area contributed by atoms with Crippen molar-refractivity contribution >= 4 is 34.7 Å². The Bertz CT molecular complexity index is 1550. The Morgan fingerprint density at radius 2 is 1.77 bits per heavy atom. The van der Waals surface area contributed by atoms with Crippen LogP contribution in [0.3, 0.4) is 0 Å². The van der Waals surface area contributed by atoms with Gasteiger partial charge in [0, 0.05) is 67.6 Å². The number of aromatic nitrogens is 3. The second kappa shape index (κ2) is 12.2. The molecule has 0 saturated carbocycles. The third-order valence-electron chi connectivity index (χ3n) is 9.08. The largest absolute Gasteiger partial charge is 0.389 e. The van der Waals surface area contributed by atoms with Gasteiger partial charge in [0.1, 0.15) is 0 Å². The predicted molar refractivity (Wildman–Crippen MR) is 161 cm³/mol. The molecule has 0 bridgehead atoms. The maximum Gasteiger partial charge on any atom is 0.389 e. The molecule has 1 unspecified atom stereocenters. The van der Waals surface area contributed by atoms with Gasteiger partial charge in [-0.25, -0.2) is 4.52 Å². The number of hydrogen-bond donors (Lipinski definition) is 1. The predicted octanol–water partition coefficient (Wildman–Crippen LogP) is 5.38. The lowest BCUT2D eigenvalue weighted by Gasteiger charge is -2.47. The van der Waals surface area contributed by atoms with Gasteiger partial charge in [0.2, 0.25) is 11.9 Å². The summed E-state index contributed by atoms with van der Waals surface area (Å²) in [6, 6.07) is 11.2. The highest BCUT2D eigenvalue weighted by molar-refractivity contribution is 5.94. The number of pyridine rings is 1. The molecular weight excluding hydrogens is 571 g/mol. The molecule has 6 rings (SSSR count). The van der Waals surface area contributed by atoms with Gasteiger partial charge in [0.25, 0.3) is 5.91 Å². The number of alkyl halides is 3. The molecule has 1 spiro atoms. The molecular formula is C32H38F3N7O2. The molecule has 3 aliphatic heterocycles. The minimum atomic E-state index is -4.34. The number of nitrogens with one attached hydrogen (secondary N) is 1. The SMILES string of the molecule is CN1CCCC2(CCCN(C(=O)c3ccc(Nc4nc5c(C6=CCN(C(=O)CCC(F)(F)F)CC6)cccn5n4)cc3)C2)C1. The fraction of sp³-hybridized carbons (Fsp3) is 0.500. The molecule has 0 radical (unpaired) electrons. The third-order valence-corrected chi connectivity index (χ3v) is 9.08. The zero-order chi connectivity index (χ0) is 30.9. The van der Waals surface area contributed by atoms with Crippen molar-refractivity contribution in [3.05, 3.63) is 59.8 Å². The van der Waals surface area contributed by atoms with E-state index in [4.69, 9.17) is 4.98 Å². The molecule has 1 atom stereocenters. The number of rotatable bonds is 6. The summed E-state index contributed by atoms with van der Waals surface area (Å²) in [7, 11) is 2.17. The Kier molecular flexibility index (Phi) is 8.36. The molecule has 9 nitrogen and oxygen atoms in total. The minimum Gasteiger partial charge on any atom is -0.339 e. The van der Waals surface area contributed by atoms with Gasteiger partial charge in [0.15, 0.2) is 5.65 Å². The Balaban J connectivity index is 1.10. The van der Waals surface area contributed by atoms with Crippen molar-refractivity contribution in [1.82, 2.24) is 29.3 Å². The van der Waals surface area contributed by atoms with Crippen LogP contribution in [0.5, 0.6) is 0 Å². The van der Waals surface area contributed by atoms with Crippen LogP contribution >= 0.6 is 0 Å². The zero-order valence-electron chi connectivity index (χ0n) is 24.9. The van der Waals surface area contributed by atoms with Crippen LogP contribution in [-0.4, -0.2) is 93.6 Å². The van der Waals surface area contributed by atoms with Crippen molar-refractivity contribution in [2.45, 2.75) is 51.1 Å². The number of halogens is 3. The number of likely N-dealkylation sites (tertiary alicyclic amines) is 2. The number of piperidine rings is 2. The van der Waals surface area contributed by atoms with E-state index < -0.39 is 24.9 Å². The number of carbonyl (C=O) groups excluding carboxylic acids is 2. The molecule has 3 aromatic rings. The molecule has 1 aromatic carbocycles. The van der Waals surface area contributed by atoms with Crippen LogP contribution in [0.1, 0.15) is 60.9 Å². The lowest BCUT2D eigenvalue weighted by Crippen LogP contribution is -2.52. The number of amides is 2. The van der Waals surface area contributed by atoms with Crippen LogP contribution in [0.2, 0.25) is 0 Å². The summed E-state index contributed by atoms with van der Waals surface area (Å²) in [6.45, 7) is 4.39. The molecule has 2 fully saturated rings. The van der Waals surface area contributed by atoms with Crippen molar-refractivity contribution in [3.63, 3.8) is 0 Å². The number of carbonyl (C=O) groups is 2. The van der Waals surface area contributed by atoms with Gasteiger partial charge in [-0.2, -0.15) is 18.2 Å². The number of hydrogen-bond acceptors (Lipinski definition) is 6. The fourth-order valence-corrected chi connectivity index (χ4v) is 6.93. The van der Waals surface area contributed by atoms with E-state index in [9.17, 15) is 22.8 Å². The average Bonchev–Trinajstić information content (AvgIpc) is 3.42. The highest BCUT2D eigenvalue weighted by atomic mass is 19.4. The van der Waals surface area contributed by atoms with E-state index in [1.807, 2.05) is 47.4 Å². The van der Waals surface area contributed by atoms with Crippen LogP contribution < -0.4 is 5.32 Å². The van der Waals surface area contributed by atoms with Crippen molar-refractivity contribution in [2.75, 3.05) is 51.6 Å². The van der Waals surface area contributed by atoms with Gasteiger partial charge in [-0.3, -0.25) is 9.59 Å². The minimum absolute atomic E-state index is 0.0701. The maximum atomic E-state index is 13.4. The van der Waals surface area contributed by atoms with Crippen LogP contribution in [0.25, 0.3) is 11.2 Å². The van der Waals surface area contributed by atoms with Crippen LogP contribution in [0, 0.1) is 5.41 Å². The summed E-state index contributed by atoms with van der Waals surface area (Å²) in [5, 5.41) is 7.79. The number of nitrogens with zero attached hydrogens (tertiary/aromatic N) is 6. The van der Waals surface area contributed by atoms with Crippen LogP contribution in [0.15, 0.2) is 48.7 Å². The summed E-state index contributed by atoms with van der Waals surface area (Å²) in [4.78, 5) is 36.2. The molecule has 0 aliphatic carbocycles. The average molecular weight is 610 g/mol. The third kappa shape index (κ3) is 6.74. The highest BCUT2D eigenvalue weighted by Gasteiger charge is 2.39. The maximum absolute atomic E-state index is 13.4. The number of anilines is 2. The summed E-state index contributed by atoms with van der Waals surface area (Å²) in [5.74, 6) is -0.0218. The van der Waals surface area contributed by atoms with E-state index in [-0.39, 0.29) is 17.9 Å². The Hall–Kier alpha value is -3.93. The molecule has 2 saturated heterocycles. The molecule has 2 amide bonds. The summed E-state index contributed by atoms with van der Waals surface area (Å²) in [5.41, 5.74) is 4.09. The Morgan fingerprint density at radius 3 is 2.48 bits per heavy atom. The number of benzene rings is 1. The summed E-state index contributed by atoms with van der Waals surface area (Å²) < 4.78 is 39.2. The first-order chi connectivity index (χ1) is 21.1. The summed E-state index contributed by atoms with van der Waals surface area (Å²) in [6.07, 6.45) is 2.78. The molecule has 5 heterocycles. The van der Waals surface area contributed by atoms with Crippen LogP contribution in [-0.2, 0) is 4.79 Å². The topological polar surface area (TPSA) is 86.1 Å². The van der Waals surface area contributed by atoms with E-state index in [0.717, 1.165) is 49.4 Å². The van der Waals surface area contributed by atoms with E-state index in [1.54, 1.807) is 10.7 Å². The van der Waals surface area contributed by atoms with Crippen molar-refractivity contribution < 1.29 is 22.8 Å². The first-order valence-corrected chi connectivity index (χ1v) is 15.3. The highest BCUT2D eigenvalue weighted by Crippen LogP contribution is 2.38. The van der Waals surface area contributed by atoms with Gasteiger partial charge >= 0.3 is 6.18 Å². The molecule has 2 aromatic heterocycles. The first-order valence-electron chi connectivity index (χ1n) is 15.3. The molecule has 44 heavy (non-hydrogen) atoms. The van der Waals surface area contributed by atoms with Gasteiger partial charge in [-0.1, -0.05) is 6.08 Å². The lowest BCUT2D eigenvalue weighted by atomic mass is 9.74. The van der Waals surface area contributed by atoms with E-state index in [1.165, 1.54) is 24.2 Å². The Labute approximate surface area is 254 Å². The van der Waals surface area contributed by atoms with E-state index in [2.05, 4.69) is 22.4 Å². The van der Waals surface area contributed by atoms with Gasteiger partial charge in [-0.05, 0) is 87.7 Å².